The van der Waals surface area contributed by atoms with Crippen LogP contribution in [-0.2, 0) is 5.75 Å². The standard InChI is InChI=1S/C17H13BrN4O2S2/c1-8-9(2)26-16-13(8)14(23)19-12(20-16)7-25-17-22-21-15(24-17)10-5-3-4-6-11(10)18/h3-6H,7H2,1-2H3,(H,19,20,23). The molecule has 0 aliphatic heterocycles. The molecule has 0 fully saturated rings. The van der Waals surface area contributed by atoms with Gasteiger partial charge in [0.1, 0.15) is 10.7 Å². The molecule has 4 rings (SSSR count). The van der Waals surface area contributed by atoms with Crippen molar-refractivity contribution in [2.45, 2.75) is 24.8 Å². The van der Waals surface area contributed by atoms with Crippen molar-refractivity contribution in [3.8, 4) is 11.5 Å². The summed E-state index contributed by atoms with van der Waals surface area (Å²) in [6.45, 7) is 3.94. The second-order valence-electron chi connectivity index (χ2n) is 5.62. The maximum Gasteiger partial charge on any atom is 0.277 e. The molecule has 9 heteroatoms. The Balaban J connectivity index is 1.56. The number of benzene rings is 1. The number of aromatic nitrogens is 4. The smallest absolute Gasteiger partial charge is 0.277 e. The van der Waals surface area contributed by atoms with Crippen molar-refractivity contribution in [2.24, 2.45) is 0 Å². The quantitative estimate of drug-likeness (QED) is 0.455. The number of nitrogens with zero attached hydrogens (tertiary/aromatic N) is 3. The molecular weight excluding hydrogens is 436 g/mol. The average molecular weight is 449 g/mol. The second-order valence-corrected chi connectivity index (χ2v) is 8.60. The van der Waals surface area contributed by atoms with Gasteiger partial charge in [-0.05, 0) is 47.5 Å². The molecule has 0 saturated carbocycles. The molecule has 26 heavy (non-hydrogen) atoms. The van der Waals surface area contributed by atoms with Crippen LogP contribution in [0.4, 0.5) is 0 Å². The Hall–Kier alpha value is -1.97. The van der Waals surface area contributed by atoms with E-state index in [4.69, 9.17) is 4.42 Å². The van der Waals surface area contributed by atoms with Gasteiger partial charge in [-0.3, -0.25) is 4.79 Å². The number of rotatable bonds is 4. The lowest BCUT2D eigenvalue weighted by atomic mass is 10.2. The molecular formula is C17H13BrN4O2S2. The Labute approximate surface area is 165 Å². The summed E-state index contributed by atoms with van der Waals surface area (Å²) >= 11 is 6.35. The number of halogens is 1. The van der Waals surface area contributed by atoms with E-state index in [-0.39, 0.29) is 5.56 Å². The van der Waals surface area contributed by atoms with Gasteiger partial charge in [0.2, 0.25) is 5.89 Å². The summed E-state index contributed by atoms with van der Waals surface area (Å²) in [6.07, 6.45) is 0. The summed E-state index contributed by atoms with van der Waals surface area (Å²) in [6, 6.07) is 7.65. The van der Waals surface area contributed by atoms with E-state index in [9.17, 15) is 4.79 Å². The average Bonchev–Trinajstić information content (AvgIpc) is 3.19. The van der Waals surface area contributed by atoms with Crippen molar-refractivity contribution < 1.29 is 4.42 Å². The number of thioether (sulfide) groups is 1. The lowest BCUT2D eigenvalue weighted by molar-refractivity contribution is 0.465. The number of aryl methyl sites for hydroxylation is 2. The highest BCUT2D eigenvalue weighted by molar-refractivity contribution is 9.10. The topological polar surface area (TPSA) is 84.7 Å². The molecule has 0 spiro atoms. The molecule has 4 aromatic rings. The molecule has 0 radical (unpaired) electrons. The Bertz CT molecular complexity index is 1170. The van der Waals surface area contributed by atoms with Crippen LogP contribution in [-0.4, -0.2) is 20.2 Å². The Kier molecular flexibility index (Phi) is 4.68. The molecule has 6 nitrogen and oxygen atoms in total. The third-order valence-electron chi connectivity index (χ3n) is 3.93. The number of nitrogens with one attached hydrogen (secondary N) is 1. The number of H-pyrrole nitrogens is 1. The van der Waals surface area contributed by atoms with Crippen LogP contribution in [0.25, 0.3) is 21.7 Å². The fraction of sp³-hybridized carbons (Fsp3) is 0.176. The van der Waals surface area contributed by atoms with E-state index in [1.807, 2.05) is 38.1 Å². The molecule has 0 atom stereocenters. The van der Waals surface area contributed by atoms with Gasteiger partial charge >= 0.3 is 0 Å². The summed E-state index contributed by atoms with van der Waals surface area (Å²) in [7, 11) is 0. The summed E-state index contributed by atoms with van der Waals surface area (Å²) < 4.78 is 6.60. The first-order chi connectivity index (χ1) is 12.5. The Morgan fingerprint density at radius 1 is 1.27 bits per heavy atom. The predicted octanol–water partition coefficient (Wildman–Crippen LogP) is 4.71. The normalized spacial score (nSPS) is 11.3. The molecule has 0 saturated heterocycles. The largest absolute Gasteiger partial charge is 0.411 e. The van der Waals surface area contributed by atoms with Crippen molar-refractivity contribution in [3.63, 3.8) is 0 Å². The molecule has 0 unspecified atom stereocenters. The molecule has 0 amide bonds. The van der Waals surface area contributed by atoms with Gasteiger partial charge in [-0.1, -0.05) is 23.9 Å². The monoisotopic (exact) mass is 448 g/mol. The van der Waals surface area contributed by atoms with Crippen molar-refractivity contribution in [1.82, 2.24) is 20.2 Å². The fourth-order valence-corrected chi connectivity index (χ4v) is 4.65. The number of hydrogen-bond donors (Lipinski definition) is 1. The summed E-state index contributed by atoms with van der Waals surface area (Å²) in [5, 5.41) is 9.25. The van der Waals surface area contributed by atoms with E-state index in [1.54, 1.807) is 0 Å². The van der Waals surface area contributed by atoms with Crippen LogP contribution in [0.2, 0.25) is 0 Å². The summed E-state index contributed by atoms with van der Waals surface area (Å²) in [5.74, 6) is 1.48. The van der Waals surface area contributed by atoms with Gasteiger partial charge < -0.3 is 9.40 Å². The first kappa shape index (κ1) is 17.4. The minimum absolute atomic E-state index is 0.105. The Morgan fingerprint density at radius 3 is 2.88 bits per heavy atom. The third kappa shape index (κ3) is 3.22. The van der Waals surface area contributed by atoms with E-state index >= 15 is 0 Å². The molecule has 132 valence electrons. The van der Waals surface area contributed by atoms with Gasteiger partial charge in [0.15, 0.2) is 0 Å². The first-order valence-electron chi connectivity index (χ1n) is 7.73. The highest BCUT2D eigenvalue weighted by Crippen LogP contribution is 2.30. The van der Waals surface area contributed by atoms with Crippen molar-refractivity contribution in [2.75, 3.05) is 0 Å². The zero-order valence-corrected chi connectivity index (χ0v) is 17.1. The Morgan fingerprint density at radius 2 is 2.08 bits per heavy atom. The molecule has 1 aromatic carbocycles. The molecule has 0 aliphatic rings. The highest BCUT2D eigenvalue weighted by atomic mass is 79.9. The molecule has 1 N–H and O–H groups in total. The first-order valence-corrected chi connectivity index (χ1v) is 10.3. The van der Waals surface area contributed by atoms with Gasteiger partial charge in [-0.25, -0.2) is 4.98 Å². The zero-order valence-electron chi connectivity index (χ0n) is 13.9. The SMILES string of the molecule is Cc1sc2nc(CSc3nnc(-c4ccccc4Br)o3)[nH]c(=O)c2c1C. The van der Waals surface area contributed by atoms with Gasteiger partial charge in [0.25, 0.3) is 10.8 Å². The van der Waals surface area contributed by atoms with Gasteiger partial charge in [-0.2, -0.15) is 0 Å². The van der Waals surface area contributed by atoms with E-state index in [0.717, 1.165) is 25.3 Å². The van der Waals surface area contributed by atoms with Crippen LogP contribution in [0.3, 0.4) is 0 Å². The third-order valence-corrected chi connectivity index (χ3v) is 6.55. The minimum Gasteiger partial charge on any atom is -0.411 e. The van der Waals surface area contributed by atoms with Gasteiger partial charge in [-0.15, -0.1) is 21.5 Å². The van der Waals surface area contributed by atoms with E-state index in [1.165, 1.54) is 23.1 Å². The maximum absolute atomic E-state index is 12.3. The van der Waals surface area contributed by atoms with Crippen molar-refractivity contribution >= 4 is 49.2 Å². The fourth-order valence-electron chi connectivity index (χ4n) is 2.51. The maximum atomic E-state index is 12.3. The van der Waals surface area contributed by atoms with Crippen LogP contribution < -0.4 is 5.56 Å². The molecule has 0 bridgehead atoms. The van der Waals surface area contributed by atoms with E-state index < -0.39 is 0 Å². The van der Waals surface area contributed by atoms with Gasteiger partial charge in [0.05, 0.1) is 16.7 Å². The number of aromatic amines is 1. The van der Waals surface area contributed by atoms with Crippen LogP contribution in [0.1, 0.15) is 16.3 Å². The van der Waals surface area contributed by atoms with E-state index in [0.29, 0.717) is 28.1 Å². The number of hydrogen-bond acceptors (Lipinski definition) is 7. The van der Waals surface area contributed by atoms with Crippen molar-refractivity contribution in [1.29, 1.82) is 0 Å². The lowest BCUT2D eigenvalue weighted by Gasteiger charge is -1.99. The predicted molar refractivity (Wildman–Crippen MR) is 107 cm³/mol. The summed E-state index contributed by atoms with van der Waals surface area (Å²) in [4.78, 5) is 21.6. The van der Waals surface area contributed by atoms with E-state index in [2.05, 4.69) is 36.1 Å². The van der Waals surface area contributed by atoms with Crippen molar-refractivity contribution in [3.05, 3.63) is 55.4 Å². The lowest BCUT2D eigenvalue weighted by Crippen LogP contribution is -2.10. The highest BCUT2D eigenvalue weighted by Gasteiger charge is 2.14. The minimum atomic E-state index is -0.105. The summed E-state index contributed by atoms with van der Waals surface area (Å²) in [5.41, 5.74) is 1.73. The van der Waals surface area contributed by atoms with Crippen LogP contribution >= 0.6 is 39.0 Å². The molecule has 3 aromatic heterocycles. The van der Waals surface area contributed by atoms with Crippen LogP contribution in [0, 0.1) is 13.8 Å². The zero-order chi connectivity index (χ0) is 18.3. The van der Waals surface area contributed by atoms with Crippen LogP contribution in [0.15, 0.2) is 43.2 Å². The molecule has 0 aliphatic carbocycles. The van der Waals surface area contributed by atoms with Gasteiger partial charge in [0, 0.05) is 9.35 Å². The second kappa shape index (κ2) is 6.98. The number of fused-ring (bicyclic) bond motifs is 1. The molecule has 3 heterocycles. The van der Waals surface area contributed by atoms with Crippen LogP contribution in [0.5, 0.6) is 0 Å². The number of thiophene rings is 1.